The first-order valence-electron chi connectivity index (χ1n) is 8.59. The van der Waals surface area contributed by atoms with Crippen LogP contribution in [0.3, 0.4) is 0 Å². The number of nitrogens with one attached hydrogen (secondary N) is 1. The lowest BCUT2D eigenvalue weighted by Gasteiger charge is -2.07. The van der Waals surface area contributed by atoms with Gasteiger partial charge in [-0.15, -0.1) is 0 Å². The molecular weight excluding hydrogens is 381 g/mol. The Labute approximate surface area is 162 Å². The van der Waals surface area contributed by atoms with Crippen LogP contribution in [0.4, 0.5) is 13.2 Å². The summed E-state index contributed by atoms with van der Waals surface area (Å²) in [5.74, 6) is -4.21. The van der Waals surface area contributed by atoms with E-state index >= 15 is 0 Å². The quantitative estimate of drug-likeness (QED) is 0.533. The molecule has 0 unspecified atom stereocenters. The number of aromatic amines is 1. The molecule has 8 heteroatoms. The Morgan fingerprint density at radius 3 is 2.31 bits per heavy atom. The summed E-state index contributed by atoms with van der Waals surface area (Å²) in [7, 11) is 0. The summed E-state index contributed by atoms with van der Waals surface area (Å²) in [5.41, 5.74) is 2.63. The van der Waals surface area contributed by atoms with E-state index in [1.54, 1.807) is 12.4 Å². The van der Waals surface area contributed by atoms with Crippen LogP contribution in [0, 0.1) is 17.5 Å². The molecule has 1 N–H and O–H groups in total. The standard InChI is InChI=1S/C21H13F3N4O/c22-17-6-14(7-18(23)20(17)24)19-8-15(21(29)28-27-19)5-12-2-1-3-13(4-12)16-9-25-11-26-10-16/h1-4,6-11H,5H2,(H,28,29). The second-order valence-corrected chi connectivity index (χ2v) is 6.37. The summed E-state index contributed by atoms with van der Waals surface area (Å²) < 4.78 is 40.3. The molecule has 0 amide bonds. The van der Waals surface area contributed by atoms with Crippen molar-refractivity contribution in [2.75, 3.05) is 0 Å². The van der Waals surface area contributed by atoms with Crippen LogP contribution in [0.5, 0.6) is 0 Å². The smallest absolute Gasteiger partial charge is 0.267 e. The molecule has 5 nitrogen and oxygen atoms in total. The highest BCUT2D eigenvalue weighted by molar-refractivity contribution is 5.63. The molecule has 2 heterocycles. The fourth-order valence-corrected chi connectivity index (χ4v) is 2.96. The zero-order valence-corrected chi connectivity index (χ0v) is 14.9. The van der Waals surface area contributed by atoms with Gasteiger partial charge in [-0.1, -0.05) is 24.3 Å². The summed E-state index contributed by atoms with van der Waals surface area (Å²) in [6, 6.07) is 10.6. The largest absolute Gasteiger partial charge is 0.268 e. The highest BCUT2D eigenvalue weighted by Gasteiger charge is 2.14. The van der Waals surface area contributed by atoms with Gasteiger partial charge in [0.05, 0.1) is 5.69 Å². The van der Waals surface area contributed by atoms with E-state index in [0.29, 0.717) is 5.56 Å². The highest BCUT2D eigenvalue weighted by Crippen LogP contribution is 2.23. The maximum Gasteiger partial charge on any atom is 0.267 e. The van der Waals surface area contributed by atoms with Gasteiger partial charge < -0.3 is 0 Å². The van der Waals surface area contributed by atoms with E-state index in [2.05, 4.69) is 20.2 Å². The van der Waals surface area contributed by atoms with Gasteiger partial charge in [-0.3, -0.25) is 4.79 Å². The third-order valence-electron chi connectivity index (χ3n) is 4.38. The van der Waals surface area contributed by atoms with Crippen molar-refractivity contribution in [1.82, 2.24) is 20.2 Å². The molecule has 29 heavy (non-hydrogen) atoms. The van der Waals surface area contributed by atoms with Gasteiger partial charge in [0.15, 0.2) is 17.5 Å². The van der Waals surface area contributed by atoms with Crippen LogP contribution in [0.15, 0.2) is 66.0 Å². The highest BCUT2D eigenvalue weighted by atomic mass is 19.2. The topological polar surface area (TPSA) is 71.5 Å². The minimum atomic E-state index is -1.56. The molecule has 4 aromatic rings. The van der Waals surface area contributed by atoms with E-state index in [-0.39, 0.29) is 17.7 Å². The molecule has 2 aromatic heterocycles. The lowest BCUT2D eigenvalue weighted by molar-refractivity contribution is 0.447. The Bertz CT molecular complexity index is 1220. The molecule has 0 fully saturated rings. The zero-order valence-electron chi connectivity index (χ0n) is 14.9. The first-order valence-corrected chi connectivity index (χ1v) is 8.59. The molecule has 2 aromatic carbocycles. The van der Waals surface area contributed by atoms with Gasteiger partial charge >= 0.3 is 0 Å². The first kappa shape index (κ1) is 18.5. The maximum atomic E-state index is 13.5. The number of H-pyrrole nitrogens is 1. The average Bonchev–Trinajstić information content (AvgIpc) is 2.74. The average molecular weight is 394 g/mol. The second-order valence-electron chi connectivity index (χ2n) is 6.37. The van der Waals surface area contributed by atoms with Gasteiger partial charge in [0.1, 0.15) is 6.33 Å². The fourth-order valence-electron chi connectivity index (χ4n) is 2.96. The number of hydrogen-bond acceptors (Lipinski definition) is 4. The van der Waals surface area contributed by atoms with Gasteiger partial charge in [-0.2, -0.15) is 5.10 Å². The van der Waals surface area contributed by atoms with Crippen LogP contribution >= 0.6 is 0 Å². The minimum Gasteiger partial charge on any atom is -0.268 e. The maximum absolute atomic E-state index is 13.5. The molecule has 0 saturated carbocycles. The summed E-state index contributed by atoms with van der Waals surface area (Å²) in [5, 5.41) is 6.14. The second kappa shape index (κ2) is 7.67. The molecule has 144 valence electrons. The summed E-state index contributed by atoms with van der Waals surface area (Å²) in [6.45, 7) is 0. The molecule has 0 bridgehead atoms. The van der Waals surface area contributed by atoms with Crippen LogP contribution < -0.4 is 5.56 Å². The van der Waals surface area contributed by atoms with Gasteiger partial charge in [0.25, 0.3) is 5.56 Å². The Balaban J connectivity index is 1.69. The third kappa shape index (κ3) is 3.91. The van der Waals surface area contributed by atoms with E-state index in [4.69, 9.17) is 0 Å². The van der Waals surface area contributed by atoms with Crippen molar-refractivity contribution in [2.45, 2.75) is 6.42 Å². The van der Waals surface area contributed by atoms with Crippen LogP contribution in [-0.4, -0.2) is 20.2 Å². The minimum absolute atomic E-state index is 0.0223. The van der Waals surface area contributed by atoms with Crippen LogP contribution in [0.2, 0.25) is 0 Å². The van der Waals surface area contributed by atoms with Crippen molar-refractivity contribution >= 4 is 0 Å². The van der Waals surface area contributed by atoms with Gasteiger partial charge in [0, 0.05) is 35.5 Å². The lowest BCUT2D eigenvalue weighted by atomic mass is 10.0. The van der Waals surface area contributed by atoms with Gasteiger partial charge in [-0.25, -0.2) is 28.2 Å². The van der Waals surface area contributed by atoms with Crippen molar-refractivity contribution in [2.24, 2.45) is 0 Å². The monoisotopic (exact) mass is 394 g/mol. The number of benzene rings is 2. The van der Waals surface area contributed by atoms with E-state index in [1.165, 1.54) is 12.4 Å². The van der Waals surface area contributed by atoms with Gasteiger partial charge in [0.2, 0.25) is 0 Å². The fraction of sp³-hybridized carbons (Fsp3) is 0.0476. The number of rotatable bonds is 4. The SMILES string of the molecule is O=c1[nH]nc(-c2cc(F)c(F)c(F)c2)cc1Cc1cccc(-c2cncnc2)c1. The van der Waals surface area contributed by atoms with Gasteiger partial charge in [-0.05, 0) is 29.3 Å². The van der Waals surface area contributed by atoms with Crippen molar-refractivity contribution < 1.29 is 13.2 Å². The van der Waals surface area contributed by atoms with Crippen molar-refractivity contribution in [3.63, 3.8) is 0 Å². The Hall–Kier alpha value is -3.81. The summed E-state index contributed by atoms with van der Waals surface area (Å²) in [4.78, 5) is 20.2. The van der Waals surface area contributed by atoms with Crippen LogP contribution in [0.1, 0.15) is 11.1 Å². The first-order chi connectivity index (χ1) is 14.0. The summed E-state index contributed by atoms with van der Waals surface area (Å²) in [6.07, 6.45) is 5.06. The third-order valence-corrected chi connectivity index (χ3v) is 4.38. The van der Waals surface area contributed by atoms with E-state index in [0.717, 1.165) is 28.8 Å². The number of hydrogen-bond donors (Lipinski definition) is 1. The zero-order chi connectivity index (χ0) is 20.4. The van der Waals surface area contributed by atoms with Crippen molar-refractivity contribution in [3.05, 3.63) is 100 Å². The molecular formula is C21H13F3N4O. The molecule has 0 spiro atoms. The normalized spacial score (nSPS) is 10.9. The predicted molar refractivity (Wildman–Crippen MR) is 100 cm³/mol. The number of halogens is 3. The molecule has 0 aliphatic carbocycles. The molecule has 4 rings (SSSR count). The summed E-state index contributed by atoms with van der Waals surface area (Å²) >= 11 is 0. The van der Waals surface area contributed by atoms with E-state index in [9.17, 15) is 18.0 Å². The molecule has 0 aliphatic heterocycles. The van der Waals surface area contributed by atoms with E-state index < -0.39 is 23.0 Å². The molecule has 0 saturated heterocycles. The molecule has 0 aliphatic rings. The number of nitrogens with zero attached hydrogens (tertiary/aromatic N) is 3. The Kier molecular flexibility index (Phi) is 4.90. The lowest BCUT2D eigenvalue weighted by Crippen LogP contribution is -2.15. The predicted octanol–water partition coefficient (Wildman–Crippen LogP) is 3.90. The number of aromatic nitrogens is 4. The van der Waals surface area contributed by atoms with E-state index in [1.807, 2.05) is 24.3 Å². The molecule has 0 atom stereocenters. The van der Waals surface area contributed by atoms with Crippen LogP contribution in [0.25, 0.3) is 22.4 Å². The van der Waals surface area contributed by atoms with Crippen molar-refractivity contribution in [1.29, 1.82) is 0 Å². The van der Waals surface area contributed by atoms with Crippen LogP contribution in [-0.2, 0) is 6.42 Å². The van der Waals surface area contributed by atoms with Crippen molar-refractivity contribution in [3.8, 4) is 22.4 Å². The molecule has 0 radical (unpaired) electrons. The Morgan fingerprint density at radius 1 is 0.862 bits per heavy atom. The Morgan fingerprint density at radius 2 is 1.59 bits per heavy atom.